The van der Waals surface area contributed by atoms with E-state index in [4.69, 9.17) is 32.9 Å². The third kappa shape index (κ3) is 4.57. The van der Waals surface area contributed by atoms with Gasteiger partial charge in [-0.3, -0.25) is 9.69 Å². The maximum Gasteiger partial charge on any atom is 0.246 e. The standard InChI is InChI=1S/C37H35Cl2N5O2/c1-2-33(45)43-18-12-31-32(43)21-44(31)35-25(11-15-40)36(46-22-37-13-5-16-42(37)17-6-14-37)41-30-20-26(29(39)19-27(30)35)24-9-3-7-23-8-4-10-28(38)34(23)24/h2-4,7-10,19-20,31-32H,1,5-6,11-14,16-18,21-22H2/t31-,32-/m1/s1. The van der Waals surface area contributed by atoms with Gasteiger partial charge in [-0.25, -0.2) is 4.98 Å². The molecule has 0 spiro atoms. The molecule has 46 heavy (non-hydrogen) atoms. The lowest BCUT2D eigenvalue weighted by atomic mass is 9.91. The van der Waals surface area contributed by atoms with E-state index in [0.717, 1.165) is 76.4 Å². The number of benzene rings is 3. The van der Waals surface area contributed by atoms with Crippen LogP contribution < -0.4 is 9.64 Å². The molecule has 2 atom stereocenters. The first kappa shape index (κ1) is 29.6. The van der Waals surface area contributed by atoms with E-state index in [-0.39, 0.29) is 30.0 Å². The van der Waals surface area contributed by atoms with Crippen molar-refractivity contribution in [3.8, 4) is 23.1 Å². The van der Waals surface area contributed by atoms with Gasteiger partial charge in [0.1, 0.15) is 6.61 Å². The Morgan fingerprint density at radius 2 is 1.85 bits per heavy atom. The summed E-state index contributed by atoms with van der Waals surface area (Å²) in [6.07, 6.45) is 6.99. The van der Waals surface area contributed by atoms with Gasteiger partial charge in [-0.05, 0) is 80.4 Å². The quantitative estimate of drug-likeness (QED) is 0.194. The number of ether oxygens (including phenoxy) is 1. The molecule has 1 amide bonds. The van der Waals surface area contributed by atoms with Crippen molar-refractivity contribution in [2.24, 2.45) is 0 Å². The first-order valence-corrected chi connectivity index (χ1v) is 17.0. The summed E-state index contributed by atoms with van der Waals surface area (Å²) in [6, 6.07) is 18.7. The van der Waals surface area contributed by atoms with E-state index in [9.17, 15) is 10.1 Å². The van der Waals surface area contributed by atoms with Crippen LogP contribution in [0.4, 0.5) is 5.69 Å². The minimum absolute atomic E-state index is 0.0322. The molecule has 4 saturated heterocycles. The van der Waals surface area contributed by atoms with Gasteiger partial charge in [0, 0.05) is 39.5 Å². The summed E-state index contributed by atoms with van der Waals surface area (Å²) in [7, 11) is 0. The Morgan fingerprint density at radius 1 is 1.07 bits per heavy atom. The summed E-state index contributed by atoms with van der Waals surface area (Å²) in [5, 5.41) is 14.2. The van der Waals surface area contributed by atoms with Crippen molar-refractivity contribution in [2.45, 2.75) is 56.1 Å². The van der Waals surface area contributed by atoms with E-state index in [2.05, 4.69) is 22.4 Å². The number of nitriles is 1. The highest BCUT2D eigenvalue weighted by Gasteiger charge is 2.50. The number of hydrogen-bond donors (Lipinski definition) is 0. The molecule has 7 nitrogen and oxygen atoms in total. The fourth-order valence-electron chi connectivity index (χ4n) is 8.63. The first-order chi connectivity index (χ1) is 22.4. The van der Waals surface area contributed by atoms with Crippen molar-refractivity contribution in [3.05, 3.63) is 76.8 Å². The van der Waals surface area contributed by atoms with E-state index < -0.39 is 0 Å². The van der Waals surface area contributed by atoms with Crippen molar-refractivity contribution in [1.82, 2.24) is 14.8 Å². The van der Waals surface area contributed by atoms with Gasteiger partial charge in [0.05, 0.1) is 46.9 Å². The van der Waals surface area contributed by atoms with E-state index >= 15 is 0 Å². The maximum absolute atomic E-state index is 12.6. The lowest BCUT2D eigenvalue weighted by molar-refractivity contribution is -0.127. The number of likely N-dealkylation sites (tertiary alicyclic amines) is 1. The molecule has 5 heterocycles. The van der Waals surface area contributed by atoms with Gasteiger partial charge in [-0.1, -0.05) is 60.1 Å². The number of pyridine rings is 1. The van der Waals surface area contributed by atoms with Crippen LogP contribution in [0.15, 0.2) is 61.2 Å². The molecular weight excluding hydrogens is 617 g/mol. The Morgan fingerprint density at radius 3 is 2.61 bits per heavy atom. The minimum atomic E-state index is -0.0358. The van der Waals surface area contributed by atoms with Gasteiger partial charge in [0.25, 0.3) is 0 Å². The number of fused-ring (bicyclic) bond motifs is 4. The van der Waals surface area contributed by atoms with Crippen molar-refractivity contribution < 1.29 is 9.53 Å². The summed E-state index contributed by atoms with van der Waals surface area (Å²) in [5.74, 6) is 0.480. The molecule has 4 fully saturated rings. The van der Waals surface area contributed by atoms with E-state index in [1.807, 2.05) is 53.4 Å². The van der Waals surface area contributed by atoms with Crippen LogP contribution in [0.2, 0.25) is 10.0 Å². The molecule has 1 aromatic heterocycles. The van der Waals surface area contributed by atoms with Crippen molar-refractivity contribution in [3.63, 3.8) is 0 Å². The van der Waals surface area contributed by atoms with Crippen LogP contribution in [-0.2, 0) is 11.2 Å². The Bertz CT molecular complexity index is 1940. The van der Waals surface area contributed by atoms with Gasteiger partial charge in [0.2, 0.25) is 11.8 Å². The molecule has 3 aromatic carbocycles. The molecule has 4 aliphatic rings. The number of amides is 1. The van der Waals surface area contributed by atoms with E-state index in [0.29, 0.717) is 35.6 Å². The van der Waals surface area contributed by atoms with Crippen molar-refractivity contribution in [1.29, 1.82) is 5.26 Å². The van der Waals surface area contributed by atoms with Gasteiger partial charge in [-0.2, -0.15) is 5.26 Å². The molecule has 4 aromatic rings. The van der Waals surface area contributed by atoms with E-state index in [1.165, 1.54) is 18.9 Å². The Balaban J connectivity index is 1.29. The number of carbonyl (C=O) groups excluding carboxylic acids is 1. The Hall–Kier alpha value is -3.83. The van der Waals surface area contributed by atoms with Gasteiger partial charge in [-0.15, -0.1) is 0 Å². The number of rotatable bonds is 7. The molecular formula is C37H35Cl2N5O2. The van der Waals surface area contributed by atoms with Gasteiger partial charge < -0.3 is 14.5 Å². The van der Waals surface area contributed by atoms with Crippen molar-refractivity contribution >= 4 is 56.5 Å². The molecule has 8 rings (SSSR count). The summed E-state index contributed by atoms with van der Waals surface area (Å²) >= 11 is 13.9. The molecule has 0 unspecified atom stereocenters. The normalized spacial score (nSPS) is 21.7. The second kappa shape index (κ2) is 11.5. The molecule has 234 valence electrons. The van der Waals surface area contributed by atoms with E-state index in [1.54, 1.807) is 0 Å². The van der Waals surface area contributed by atoms with Crippen LogP contribution in [0.1, 0.15) is 37.7 Å². The molecule has 0 saturated carbocycles. The zero-order valence-corrected chi connectivity index (χ0v) is 27.2. The average Bonchev–Trinajstić information content (AvgIpc) is 3.73. The second-order valence-corrected chi connectivity index (χ2v) is 13.9. The molecule has 4 aliphatic heterocycles. The summed E-state index contributed by atoms with van der Waals surface area (Å²) in [6.45, 7) is 7.82. The lowest BCUT2D eigenvalue weighted by Crippen LogP contribution is -2.63. The third-order valence-corrected chi connectivity index (χ3v) is 11.5. The van der Waals surface area contributed by atoms with Crippen LogP contribution in [0.25, 0.3) is 32.8 Å². The molecule has 0 bridgehead atoms. The summed E-state index contributed by atoms with van der Waals surface area (Å²) < 4.78 is 6.74. The maximum atomic E-state index is 12.6. The highest BCUT2D eigenvalue weighted by atomic mass is 35.5. The number of nitrogens with zero attached hydrogens (tertiary/aromatic N) is 5. The average molecular weight is 653 g/mol. The first-order valence-electron chi connectivity index (χ1n) is 16.2. The van der Waals surface area contributed by atoms with Gasteiger partial charge in [0.15, 0.2) is 0 Å². The predicted molar refractivity (Wildman–Crippen MR) is 184 cm³/mol. The number of anilines is 1. The summed E-state index contributed by atoms with van der Waals surface area (Å²) in [5.41, 5.74) is 4.29. The van der Waals surface area contributed by atoms with Gasteiger partial charge >= 0.3 is 0 Å². The van der Waals surface area contributed by atoms with Crippen molar-refractivity contribution in [2.75, 3.05) is 37.7 Å². The monoisotopic (exact) mass is 651 g/mol. The highest BCUT2D eigenvalue weighted by Crippen LogP contribution is 2.47. The number of hydrogen-bond acceptors (Lipinski definition) is 6. The van der Waals surface area contributed by atoms with Crippen LogP contribution in [0.3, 0.4) is 0 Å². The molecule has 0 radical (unpaired) electrons. The minimum Gasteiger partial charge on any atom is -0.475 e. The molecule has 0 N–H and O–H groups in total. The fraction of sp³-hybridized carbons (Fsp3) is 0.378. The van der Waals surface area contributed by atoms with Crippen LogP contribution in [-0.4, -0.2) is 71.1 Å². The Labute approximate surface area is 278 Å². The van der Waals surface area contributed by atoms with Crippen LogP contribution in [0.5, 0.6) is 5.88 Å². The topological polar surface area (TPSA) is 72.7 Å². The smallest absolute Gasteiger partial charge is 0.246 e. The van der Waals surface area contributed by atoms with Crippen LogP contribution in [0, 0.1) is 11.3 Å². The SMILES string of the molecule is C=CC(=O)N1CC[C@@H]2[C@H]1CN2c1c(CC#N)c(OCC23CCCN2CCC3)nc2cc(-c3cccc4cccc(Cl)c34)c(Cl)cc12. The second-order valence-electron chi connectivity index (χ2n) is 13.1. The zero-order chi connectivity index (χ0) is 31.6. The molecule has 9 heteroatoms. The number of halogens is 2. The Kier molecular flexibility index (Phi) is 7.36. The summed E-state index contributed by atoms with van der Waals surface area (Å²) in [4.78, 5) is 24.6. The van der Waals surface area contributed by atoms with Crippen LogP contribution >= 0.6 is 23.2 Å². The highest BCUT2D eigenvalue weighted by molar-refractivity contribution is 6.38. The fourth-order valence-corrected chi connectivity index (χ4v) is 9.18. The third-order valence-electron chi connectivity index (χ3n) is 10.8. The number of aromatic nitrogens is 1. The molecule has 0 aliphatic carbocycles. The number of carbonyl (C=O) groups is 1. The largest absolute Gasteiger partial charge is 0.475 e. The lowest BCUT2D eigenvalue weighted by Gasteiger charge is -2.49. The predicted octanol–water partition coefficient (Wildman–Crippen LogP) is 7.41. The zero-order valence-electron chi connectivity index (χ0n) is 25.6.